The zero-order valence-corrected chi connectivity index (χ0v) is 16.1. The number of nitrogens with zero attached hydrogens (tertiary/aromatic N) is 2. The number of hydrogen-bond acceptors (Lipinski definition) is 6. The predicted molar refractivity (Wildman–Crippen MR) is 96.5 cm³/mol. The molecule has 0 unspecified atom stereocenters. The van der Waals surface area contributed by atoms with Gasteiger partial charge in [0.25, 0.3) is 10.0 Å². The van der Waals surface area contributed by atoms with Crippen molar-refractivity contribution < 1.29 is 27.2 Å². The third-order valence-corrected chi connectivity index (χ3v) is 6.59. The fourth-order valence-electron chi connectivity index (χ4n) is 3.32. The second-order valence-electron chi connectivity index (χ2n) is 6.55. The number of ether oxygens (including phenoxy) is 1. The number of carbonyl (C=O) groups is 2. The number of carbonyl (C=O) groups excluding carboxylic acids is 2. The zero-order valence-electron chi connectivity index (χ0n) is 15.3. The monoisotopic (exact) mass is 396 g/mol. The van der Waals surface area contributed by atoms with Crippen molar-refractivity contribution in [2.45, 2.75) is 31.3 Å². The fraction of sp³-hybridized carbons (Fsp3) is 0.556. The molecule has 9 heteroatoms. The van der Waals surface area contributed by atoms with Crippen LogP contribution in [0.25, 0.3) is 0 Å². The molecule has 0 radical (unpaired) electrons. The quantitative estimate of drug-likeness (QED) is 0.554. The Hall–Kier alpha value is -2.13. The van der Waals surface area contributed by atoms with E-state index in [-0.39, 0.29) is 42.4 Å². The highest BCUT2D eigenvalue weighted by molar-refractivity contribution is 7.89. The molecule has 0 spiro atoms. The highest BCUT2D eigenvalue weighted by Gasteiger charge is 2.34. The van der Waals surface area contributed by atoms with Crippen molar-refractivity contribution in [3.63, 3.8) is 0 Å². The van der Waals surface area contributed by atoms with Crippen molar-refractivity contribution in [2.24, 2.45) is 5.92 Å². The average Bonchev–Trinajstić information content (AvgIpc) is 3.20. The molecule has 0 saturated carbocycles. The fourth-order valence-corrected chi connectivity index (χ4v) is 4.66. The third kappa shape index (κ3) is 4.24. The molecule has 0 N–H and O–H groups in total. The molecule has 1 aromatic rings. The first-order valence-electron chi connectivity index (χ1n) is 9.14. The van der Waals surface area contributed by atoms with Crippen LogP contribution < -0.4 is 0 Å². The molecule has 8 nitrogen and oxygen atoms in total. The number of esters is 1. The number of hydrogen-bond donors (Lipinski definition) is 0. The molecule has 1 aromatic heterocycles. The van der Waals surface area contributed by atoms with Gasteiger partial charge in [-0.05, 0) is 38.3 Å². The summed E-state index contributed by atoms with van der Waals surface area (Å²) in [5.41, 5.74) is 0. The van der Waals surface area contributed by atoms with E-state index in [0.717, 1.165) is 19.3 Å². The molecule has 0 aromatic carbocycles. The molecule has 2 heterocycles. The van der Waals surface area contributed by atoms with E-state index in [0.29, 0.717) is 13.1 Å². The van der Waals surface area contributed by atoms with Gasteiger partial charge in [-0.15, -0.1) is 0 Å². The first-order chi connectivity index (χ1) is 12.9. The van der Waals surface area contributed by atoms with Crippen LogP contribution in [-0.2, 0) is 19.6 Å². The number of sulfonamides is 1. The number of amides is 1. The van der Waals surface area contributed by atoms with Crippen molar-refractivity contribution in [3.05, 3.63) is 30.0 Å². The lowest BCUT2D eigenvalue weighted by atomic mass is 9.93. The summed E-state index contributed by atoms with van der Waals surface area (Å²) in [6.07, 6.45) is 6.62. The number of furan rings is 1. The third-order valence-electron chi connectivity index (χ3n) is 4.82. The van der Waals surface area contributed by atoms with Gasteiger partial charge in [-0.1, -0.05) is 12.2 Å². The number of piperazine rings is 1. The minimum atomic E-state index is -3.85. The van der Waals surface area contributed by atoms with Gasteiger partial charge in [0.1, 0.15) is 0 Å². The molecule has 1 fully saturated rings. The van der Waals surface area contributed by atoms with E-state index >= 15 is 0 Å². The van der Waals surface area contributed by atoms with Gasteiger partial charge in [0, 0.05) is 32.1 Å². The van der Waals surface area contributed by atoms with Crippen LogP contribution in [0.3, 0.4) is 0 Å². The van der Waals surface area contributed by atoms with Gasteiger partial charge in [-0.3, -0.25) is 4.79 Å². The zero-order chi connectivity index (χ0) is 19.4. The standard InChI is InChI=1S/C18H24N2O6S/c1-2-25-18(22)15-8-9-16(26-15)27(23,24)20-12-10-19(11-13-20)17(21)14-6-4-3-5-7-14/h3-4,8-9,14H,2,5-7,10-13H2,1H3/t14-/m1/s1. The topological polar surface area (TPSA) is 97.1 Å². The Kier molecular flexibility index (Phi) is 6.01. The lowest BCUT2D eigenvalue weighted by molar-refractivity contribution is -0.137. The predicted octanol–water partition coefficient (Wildman–Crippen LogP) is 1.65. The molecule has 1 aliphatic carbocycles. The van der Waals surface area contributed by atoms with Crippen molar-refractivity contribution >= 4 is 21.9 Å². The molecule has 1 atom stereocenters. The van der Waals surface area contributed by atoms with Crippen molar-refractivity contribution in [1.29, 1.82) is 0 Å². The second-order valence-corrected chi connectivity index (χ2v) is 8.42. The first kappa shape index (κ1) is 19.6. The molecular formula is C18H24N2O6S. The maximum atomic E-state index is 12.7. The van der Waals surface area contributed by atoms with Crippen LogP contribution in [0.15, 0.2) is 33.8 Å². The highest BCUT2D eigenvalue weighted by Crippen LogP contribution is 2.24. The van der Waals surface area contributed by atoms with Crippen LogP contribution in [0.2, 0.25) is 0 Å². The summed E-state index contributed by atoms with van der Waals surface area (Å²) in [7, 11) is -3.85. The number of rotatable bonds is 5. The van der Waals surface area contributed by atoms with Crippen LogP contribution in [0.1, 0.15) is 36.7 Å². The normalized spacial score (nSPS) is 21.2. The van der Waals surface area contributed by atoms with Crippen LogP contribution in [0.4, 0.5) is 0 Å². The van der Waals surface area contributed by atoms with Gasteiger partial charge in [0.05, 0.1) is 6.61 Å². The van der Waals surface area contributed by atoms with Crippen LogP contribution in [0.5, 0.6) is 0 Å². The Morgan fingerprint density at radius 1 is 1.19 bits per heavy atom. The summed E-state index contributed by atoms with van der Waals surface area (Å²) < 4.78 is 36.7. The molecule has 2 aliphatic rings. The van der Waals surface area contributed by atoms with Crippen LogP contribution in [-0.4, -0.2) is 62.3 Å². The summed E-state index contributed by atoms with van der Waals surface area (Å²) in [4.78, 5) is 26.0. The molecule has 1 saturated heterocycles. The maximum absolute atomic E-state index is 12.7. The maximum Gasteiger partial charge on any atom is 0.374 e. The lowest BCUT2D eigenvalue weighted by Gasteiger charge is -2.35. The molecule has 0 bridgehead atoms. The molecule has 27 heavy (non-hydrogen) atoms. The van der Waals surface area contributed by atoms with E-state index in [1.54, 1.807) is 11.8 Å². The van der Waals surface area contributed by atoms with Gasteiger partial charge in [0.2, 0.25) is 16.8 Å². The van der Waals surface area contributed by atoms with Crippen molar-refractivity contribution in [3.8, 4) is 0 Å². The van der Waals surface area contributed by atoms with Crippen molar-refractivity contribution in [2.75, 3.05) is 32.8 Å². The minimum Gasteiger partial charge on any atom is -0.460 e. The van der Waals surface area contributed by atoms with Crippen LogP contribution in [0, 0.1) is 5.92 Å². The highest BCUT2D eigenvalue weighted by atomic mass is 32.2. The molecule has 148 valence electrons. The van der Waals surface area contributed by atoms with Crippen molar-refractivity contribution in [1.82, 2.24) is 9.21 Å². The minimum absolute atomic E-state index is 0.00429. The Labute approximate surface area is 158 Å². The summed E-state index contributed by atoms with van der Waals surface area (Å²) >= 11 is 0. The first-order valence-corrected chi connectivity index (χ1v) is 10.6. The van der Waals surface area contributed by atoms with Gasteiger partial charge < -0.3 is 14.1 Å². The Morgan fingerprint density at radius 2 is 1.93 bits per heavy atom. The lowest BCUT2D eigenvalue weighted by Crippen LogP contribution is -2.51. The molecule has 3 rings (SSSR count). The smallest absolute Gasteiger partial charge is 0.374 e. The summed E-state index contributed by atoms with van der Waals surface area (Å²) in [5.74, 6) is -0.750. The van der Waals surface area contributed by atoms with E-state index in [1.165, 1.54) is 16.4 Å². The Balaban J connectivity index is 1.62. The SMILES string of the molecule is CCOC(=O)c1ccc(S(=O)(=O)N2CCN(C(=O)[C@@H]3CC=CCC3)CC2)o1. The largest absolute Gasteiger partial charge is 0.460 e. The van der Waals surface area contributed by atoms with Crippen LogP contribution >= 0.6 is 0 Å². The molecular weight excluding hydrogens is 372 g/mol. The van der Waals surface area contributed by atoms with Gasteiger partial charge in [-0.25, -0.2) is 13.2 Å². The van der Waals surface area contributed by atoms with Gasteiger partial charge in [0.15, 0.2) is 0 Å². The number of allylic oxidation sites excluding steroid dienone is 2. The van der Waals surface area contributed by atoms with Gasteiger partial charge >= 0.3 is 5.97 Å². The summed E-state index contributed by atoms with van der Waals surface area (Å²) in [6.45, 7) is 2.93. The average molecular weight is 396 g/mol. The second kappa shape index (κ2) is 8.26. The van der Waals surface area contributed by atoms with E-state index < -0.39 is 16.0 Å². The van der Waals surface area contributed by atoms with Gasteiger partial charge in [-0.2, -0.15) is 4.31 Å². The summed E-state index contributed by atoms with van der Waals surface area (Å²) in [5, 5.41) is -0.289. The van der Waals surface area contributed by atoms with E-state index in [4.69, 9.17) is 9.15 Å². The Bertz CT molecular complexity index is 821. The van der Waals surface area contributed by atoms with E-state index in [2.05, 4.69) is 6.08 Å². The van der Waals surface area contributed by atoms with E-state index in [1.807, 2.05) is 6.08 Å². The Morgan fingerprint density at radius 3 is 2.56 bits per heavy atom. The molecule has 1 amide bonds. The van der Waals surface area contributed by atoms with E-state index in [9.17, 15) is 18.0 Å². The molecule has 1 aliphatic heterocycles. The summed E-state index contributed by atoms with van der Waals surface area (Å²) in [6, 6.07) is 2.55.